The number of benzene rings is 2. The van der Waals surface area contributed by atoms with E-state index in [2.05, 4.69) is 10.6 Å². The molecule has 0 saturated carbocycles. The molecule has 0 radical (unpaired) electrons. The second kappa shape index (κ2) is 8.26. The first-order chi connectivity index (χ1) is 22.1. The van der Waals surface area contributed by atoms with Gasteiger partial charge in [0.2, 0.25) is 9.74 Å². The van der Waals surface area contributed by atoms with Crippen LogP contribution in [0.15, 0.2) is 48.5 Å². The van der Waals surface area contributed by atoms with E-state index in [1.54, 1.807) is 23.9 Å². The molecule has 0 aromatic heterocycles. The van der Waals surface area contributed by atoms with Crippen LogP contribution in [0.1, 0.15) is 24.0 Å². The van der Waals surface area contributed by atoms with Crippen LogP contribution in [0.25, 0.3) is 0 Å². The second-order valence-electron chi connectivity index (χ2n) is 13.3. The fourth-order valence-electron chi connectivity index (χ4n) is 9.92. The number of aliphatic hydroxyl groups excluding tert-OH is 2. The maximum absolute atomic E-state index is 14.7. The number of amides is 4. The number of carbonyl (C=O) groups excluding carboxylic acids is 4. The number of nitrogens with zero attached hydrogens (tertiary/aromatic N) is 4. The van der Waals surface area contributed by atoms with Gasteiger partial charge < -0.3 is 30.6 Å². The summed E-state index contributed by atoms with van der Waals surface area (Å²) in [6.07, 6.45) is -1.01. The minimum Gasteiger partial charge on any atom is -0.392 e. The number of fused-ring (bicyclic) bond motifs is 11. The van der Waals surface area contributed by atoms with Gasteiger partial charge in [0, 0.05) is 38.3 Å². The Morgan fingerprint density at radius 3 is 1.43 bits per heavy atom. The lowest BCUT2D eigenvalue weighted by Crippen LogP contribution is -2.77. The van der Waals surface area contributed by atoms with E-state index in [4.69, 9.17) is 0 Å². The number of piperazine rings is 2. The maximum atomic E-state index is 14.7. The molecule has 4 bridgehead atoms. The van der Waals surface area contributed by atoms with E-state index in [0.29, 0.717) is 0 Å². The predicted molar refractivity (Wildman–Crippen MR) is 175 cm³/mol. The highest BCUT2D eigenvalue weighted by molar-refractivity contribution is 8.78. The minimum absolute atomic E-state index is 0.223. The number of para-hydroxylation sites is 2. The Bertz CT molecular complexity index is 1740. The lowest BCUT2D eigenvalue weighted by molar-refractivity contribution is -0.166. The SMILES string of the molecule is CN1C(=O)[C@@]23C[C@@]4([C@@]56C[C@]78SS[C@](CO)(C(=O)N7[C@@H]5Nc5ccccc56)N(C)C8=O)c5ccccc5N[C@@H]4N2C(=O)[C@]1(CO)SS3. The standard InChI is InChI=1S/C30H28N6O6S4/c1-33-21(39)27-11-25(15-7-3-5-9-17(15)31-19(25)35(27)23(41)29(33,13-37)45-43-27)26-12-28-22(40)34(2)30(14-38,46-44-28)24(42)36(28)20(26)32-18-10-6-4-8-16(18)26/h3-10,19-20,31-32,37-38H,11-14H2,1-2H3/t19-,20+,25-,26-,27+,28-,29+,30-/m1/s1. The first kappa shape index (κ1) is 28.3. The number of hydrogen-bond acceptors (Lipinski definition) is 12. The third kappa shape index (κ3) is 2.48. The lowest BCUT2D eigenvalue weighted by Gasteiger charge is -2.57. The Labute approximate surface area is 279 Å². The number of carbonyl (C=O) groups is 4. The van der Waals surface area contributed by atoms with Crippen molar-refractivity contribution < 1.29 is 29.4 Å². The summed E-state index contributed by atoms with van der Waals surface area (Å²) in [4.78, 5) is 59.0. The topological polar surface area (TPSA) is 146 Å². The molecule has 8 saturated heterocycles. The molecule has 238 valence electrons. The van der Waals surface area contributed by atoms with E-state index in [0.717, 1.165) is 22.5 Å². The Morgan fingerprint density at radius 1 is 0.652 bits per heavy atom. The van der Waals surface area contributed by atoms with Crippen LogP contribution in [-0.4, -0.2) is 113 Å². The quantitative estimate of drug-likeness (QED) is 0.344. The summed E-state index contributed by atoms with van der Waals surface area (Å²) in [6.45, 7) is -1.07. The number of hydrogen-bond donors (Lipinski definition) is 4. The highest BCUT2D eigenvalue weighted by Crippen LogP contribution is 2.78. The van der Waals surface area contributed by atoms with Crippen LogP contribution >= 0.6 is 43.2 Å². The molecule has 2 spiro atoms. The minimum atomic E-state index is -1.47. The smallest absolute Gasteiger partial charge is 0.265 e. The summed E-state index contributed by atoms with van der Waals surface area (Å²) in [5.41, 5.74) is 1.45. The average Bonchev–Trinajstić information content (AvgIpc) is 3.75. The van der Waals surface area contributed by atoms with E-state index in [1.807, 2.05) is 48.5 Å². The van der Waals surface area contributed by atoms with Gasteiger partial charge in [0.1, 0.15) is 12.3 Å². The van der Waals surface area contributed by atoms with Crippen LogP contribution in [0.3, 0.4) is 0 Å². The Morgan fingerprint density at radius 2 is 1.04 bits per heavy atom. The summed E-state index contributed by atoms with van der Waals surface area (Å²) in [5, 5.41) is 28.6. The van der Waals surface area contributed by atoms with Crippen LogP contribution in [0.4, 0.5) is 11.4 Å². The fraction of sp³-hybridized carbons (Fsp3) is 0.467. The van der Waals surface area contributed by atoms with Crippen LogP contribution < -0.4 is 10.6 Å². The maximum Gasteiger partial charge on any atom is 0.265 e. The monoisotopic (exact) mass is 696 g/mol. The van der Waals surface area contributed by atoms with Crippen molar-refractivity contribution >= 4 is 78.2 Å². The largest absolute Gasteiger partial charge is 0.392 e. The normalized spacial score (nSPS) is 43.7. The number of aliphatic hydroxyl groups is 2. The van der Waals surface area contributed by atoms with Crippen LogP contribution in [-0.2, 0) is 30.0 Å². The molecule has 10 aliphatic heterocycles. The average molecular weight is 697 g/mol. The van der Waals surface area contributed by atoms with Crippen LogP contribution in [0, 0.1) is 0 Å². The molecule has 12 nitrogen and oxygen atoms in total. The third-order valence-electron chi connectivity index (χ3n) is 12.0. The second-order valence-corrected chi connectivity index (χ2v) is 18.7. The summed E-state index contributed by atoms with van der Waals surface area (Å²) < 4.78 is 0. The highest BCUT2D eigenvalue weighted by atomic mass is 33.1. The molecule has 4 N–H and O–H groups in total. The molecule has 0 unspecified atom stereocenters. The van der Waals surface area contributed by atoms with Gasteiger partial charge in [0.05, 0.1) is 24.0 Å². The van der Waals surface area contributed by atoms with Gasteiger partial charge in [-0.3, -0.25) is 29.0 Å². The van der Waals surface area contributed by atoms with E-state index in [9.17, 15) is 29.4 Å². The molecule has 10 heterocycles. The summed E-state index contributed by atoms with van der Waals surface area (Å²) in [7, 11) is 8.28. The van der Waals surface area contributed by atoms with Crippen molar-refractivity contribution in [2.75, 3.05) is 37.9 Å². The first-order valence-electron chi connectivity index (χ1n) is 15.0. The predicted octanol–water partition coefficient (Wildman–Crippen LogP) is 1.33. The molecule has 2 aromatic rings. The first-order valence-corrected chi connectivity index (χ1v) is 19.3. The molecular formula is C30H28N6O6S4. The molecule has 8 atom stereocenters. The van der Waals surface area contributed by atoms with Crippen molar-refractivity contribution in [3.8, 4) is 0 Å². The summed E-state index contributed by atoms with van der Waals surface area (Å²) >= 11 is 0. The molecule has 12 rings (SSSR count). The molecule has 4 amide bonds. The zero-order valence-corrected chi connectivity index (χ0v) is 27.8. The van der Waals surface area contributed by atoms with Gasteiger partial charge >= 0.3 is 0 Å². The van der Waals surface area contributed by atoms with Crippen molar-refractivity contribution in [3.05, 3.63) is 59.7 Å². The molecule has 16 heteroatoms. The Hall–Kier alpha value is -2.76. The van der Waals surface area contributed by atoms with Gasteiger partial charge in [-0.1, -0.05) is 58.0 Å². The Balaban J connectivity index is 1.29. The number of likely N-dealkylation sites (N-methyl/N-ethyl adjacent to an activating group) is 2. The van der Waals surface area contributed by atoms with Crippen molar-refractivity contribution in [1.82, 2.24) is 19.6 Å². The zero-order chi connectivity index (χ0) is 31.8. The highest BCUT2D eigenvalue weighted by Gasteiger charge is 2.87. The van der Waals surface area contributed by atoms with Gasteiger partial charge in [-0.2, -0.15) is 0 Å². The Kier molecular flexibility index (Phi) is 5.08. The van der Waals surface area contributed by atoms with Crippen molar-refractivity contribution in [3.63, 3.8) is 0 Å². The van der Waals surface area contributed by atoms with E-state index in [-0.39, 0.29) is 36.5 Å². The molecular weight excluding hydrogens is 669 g/mol. The molecule has 2 aromatic carbocycles. The van der Waals surface area contributed by atoms with Gasteiger partial charge in [0.25, 0.3) is 23.6 Å². The van der Waals surface area contributed by atoms with Gasteiger partial charge in [-0.15, -0.1) is 0 Å². The number of anilines is 2. The van der Waals surface area contributed by atoms with Crippen LogP contribution in [0.2, 0.25) is 0 Å². The summed E-state index contributed by atoms with van der Waals surface area (Å²) in [5.74, 6) is -1.19. The van der Waals surface area contributed by atoms with Crippen LogP contribution in [0.5, 0.6) is 0 Å². The van der Waals surface area contributed by atoms with Gasteiger partial charge in [0.15, 0.2) is 9.74 Å². The van der Waals surface area contributed by atoms with Crippen molar-refractivity contribution in [2.24, 2.45) is 0 Å². The number of rotatable bonds is 3. The van der Waals surface area contributed by atoms with E-state index in [1.165, 1.54) is 53.0 Å². The number of nitrogens with one attached hydrogen (secondary N) is 2. The zero-order valence-electron chi connectivity index (χ0n) is 24.6. The van der Waals surface area contributed by atoms with Gasteiger partial charge in [-0.25, -0.2) is 0 Å². The lowest BCUT2D eigenvalue weighted by atomic mass is 9.54. The molecule has 46 heavy (non-hydrogen) atoms. The fourth-order valence-corrected chi connectivity index (χ4v) is 17.2. The summed E-state index contributed by atoms with van der Waals surface area (Å²) in [6, 6.07) is 15.8. The molecule has 10 aliphatic rings. The molecule has 0 aliphatic carbocycles. The van der Waals surface area contributed by atoms with Crippen molar-refractivity contribution in [2.45, 2.75) is 55.5 Å². The van der Waals surface area contributed by atoms with E-state index < -0.39 is 55.9 Å². The molecule has 8 fully saturated rings. The third-order valence-corrected chi connectivity index (χ3v) is 19.3. The van der Waals surface area contributed by atoms with Gasteiger partial charge in [-0.05, 0) is 44.8 Å². The van der Waals surface area contributed by atoms with E-state index >= 15 is 0 Å². The van der Waals surface area contributed by atoms with Crippen molar-refractivity contribution in [1.29, 1.82) is 0 Å².